The number of benzene rings is 1. The van der Waals surface area contributed by atoms with E-state index in [1.807, 2.05) is 25.1 Å². The fourth-order valence-corrected chi connectivity index (χ4v) is 1.65. The van der Waals surface area contributed by atoms with Gasteiger partial charge in [-0.05, 0) is 25.0 Å². The van der Waals surface area contributed by atoms with Gasteiger partial charge in [-0.2, -0.15) is 0 Å². The lowest BCUT2D eigenvalue weighted by Crippen LogP contribution is -2.02. The third kappa shape index (κ3) is 1.68. The van der Waals surface area contributed by atoms with Gasteiger partial charge in [-0.1, -0.05) is 18.2 Å². The van der Waals surface area contributed by atoms with Crippen molar-refractivity contribution in [1.82, 2.24) is 0 Å². The van der Waals surface area contributed by atoms with Crippen molar-refractivity contribution >= 4 is 0 Å². The molecule has 0 heterocycles. The highest BCUT2D eigenvalue weighted by Gasteiger charge is 2.36. The molecule has 1 aliphatic carbocycles. The second-order valence-corrected chi connectivity index (χ2v) is 3.48. The highest BCUT2D eigenvalue weighted by Crippen LogP contribution is 2.43. The van der Waals surface area contributed by atoms with Crippen molar-refractivity contribution in [3.8, 4) is 5.75 Å². The van der Waals surface area contributed by atoms with E-state index in [0.29, 0.717) is 12.0 Å². The van der Waals surface area contributed by atoms with Crippen LogP contribution < -0.4 is 10.5 Å². The SMILES string of the molecule is CCOc1ccccc1[C@H]1C[C@H]1N. The normalized spacial score (nSPS) is 25.7. The van der Waals surface area contributed by atoms with Gasteiger partial charge in [-0.15, -0.1) is 0 Å². The lowest BCUT2D eigenvalue weighted by molar-refractivity contribution is 0.336. The zero-order valence-electron chi connectivity index (χ0n) is 7.86. The third-order valence-corrected chi connectivity index (χ3v) is 2.46. The Morgan fingerprint density at radius 3 is 2.77 bits per heavy atom. The maximum atomic E-state index is 5.81. The lowest BCUT2D eigenvalue weighted by atomic mass is 10.1. The molecule has 0 bridgehead atoms. The van der Waals surface area contributed by atoms with Gasteiger partial charge in [-0.25, -0.2) is 0 Å². The van der Waals surface area contributed by atoms with E-state index in [9.17, 15) is 0 Å². The van der Waals surface area contributed by atoms with Crippen LogP contribution in [0.3, 0.4) is 0 Å². The van der Waals surface area contributed by atoms with Gasteiger partial charge in [0.15, 0.2) is 0 Å². The smallest absolute Gasteiger partial charge is 0.122 e. The number of para-hydroxylation sites is 1. The zero-order valence-corrected chi connectivity index (χ0v) is 7.86. The molecule has 2 rings (SSSR count). The van der Waals surface area contributed by atoms with Gasteiger partial charge >= 0.3 is 0 Å². The number of hydrogen-bond acceptors (Lipinski definition) is 2. The molecule has 2 N–H and O–H groups in total. The first-order chi connectivity index (χ1) is 6.33. The first-order valence-electron chi connectivity index (χ1n) is 4.80. The molecule has 0 amide bonds. The van der Waals surface area contributed by atoms with Crippen molar-refractivity contribution in [2.45, 2.75) is 25.3 Å². The molecule has 1 aromatic rings. The fourth-order valence-electron chi connectivity index (χ4n) is 1.65. The molecule has 1 aromatic carbocycles. The molecule has 0 aliphatic heterocycles. The molecule has 0 spiro atoms. The minimum atomic E-state index is 0.349. The largest absolute Gasteiger partial charge is 0.494 e. The Balaban J connectivity index is 2.22. The maximum Gasteiger partial charge on any atom is 0.122 e. The topological polar surface area (TPSA) is 35.2 Å². The van der Waals surface area contributed by atoms with Crippen LogP contribution in [-0.4, -0.2) is 12.6 Å². The van der Waals surface area contributed by atoms with Gasteiger partial charge in [0, 0.05) is 12.0 Å². The van der Waals surface area contributed by atoms with Crippen LogP contribution in [0.25, 0.3) is 0 Å². The Kier molecular flexibility index (Phi) is 2.23. The molecular weight excluding hydrogens is 162 g/mol. The molecule has 0 unspecified atom stereocenters. The van der Waals surface area contributed by atoms with Crippen molar-refractivity contribution in [2.24, 2.45) is 5.73 Å². The van der Waals surface area contributed by atoms with Crippen molar-refractivity contribution < 1.29 is 4.74 Å². The molecule has 0 saturated heterocycles. The summed E-state index contributed by atoms with van der Waals surface area (Å²) in [6.45, 7) is 2.72. The van der Waals surface area contributed by atoms with Crippen LogP contribution in [0.15, 0.2) is 24.3 Å². The minimum Gasteiger partial charge on any atom is -0.494 e. The van der Waals surface area contributed by atoms with Crippen molar-refractivity contribution in [1.29, 1.82) is 0 Å². The van der Waals surface area contributed by atoms with Crippen LogP contribution in [0.2, 0.25) is 0 Å². The highest BCUT2D eigenvalue weighted by atomic mass is 16.5. The molecular formula is C11H15NO. The molecule has 2 heteroatoms. The number of ether oxygens (including phenoxy) is 1. The Hall–Kier alpha value is -1.02. The van der Waals surface area contributed by atoms with Crippen molar-refractivity contribution in [2.75, 3.05) is 6.61 Å². The Bertz CT molecular complexity index is 298. The second kappa shape index (κ2) is 3.38. The van der Waals surface area contributed by atoms with E-state index in [0.717, 1.165) is 18.8 Å². The molecule has 70 valence electrons. The van der Waals surface area contributed by atoms with Crippen molar-refractivity contribution in [3.05, 3.63) is 29.8 Å². The summed E-state index contributed by atoms with van der Waals surface area (Å²) >= 11 is 0. The third-order valence-electron chi connectivity index (χ3n) is 2.46. The summed E-state index contributed by atoms with van der Waals surface area (Å²) in [7, 11) is 0. The Morgan fingerprint density at radius 1 is 1.46 bits per heavy atom. The predicted octanol–water partition coefficient (Wildman–Crippen LogP) is 1.90. The maximum absolute atomic E-state index is 5.81. The van der Waals surface area contributed by atoms with Crippen LogP contribution in [-0.2, 0) is 0 Å². The first kappa shape index (κ1) is 8.57. The van der Waals surface area contributed by atoms with E-state index in [1.165, 1.54) is 5.56 Å². The zero-order chi connectivity index (χ0) is 9.26. The van der Waals surface area contributed by atoms with Crippen LogP contribution in [0, 0.1) is 0 Å². The van der Waals surface area contributed by atoms with E-state index in [1.54, 1.807) is 0 Å². The Labute approximate surface area is 78.7 Å². The molecule has 2 nitrogen and oxygen atoms in total. The summed E-state index contributed by atoms with van der Waals surface area (Å²) in [6.07, 6.45) is 1.10. The van der Waals surface area contributed by atoms with E-state index in [4.69, 9.17) is 10.5 Å². The van der Waals surface area contributed by atoms with Gasteiger partial charge < -0.3 is 10.5 Å². The summed E-state index contributed by atoms with van der Waals surface area (Å²) in [5, 5.41) is 0. The van der Waals surface area contributed by atoms with E-state index in [-0.39, 0.29) is 0 Å². The van der Waals surface area contributed by atoms with Gasteiger partial charge in [0.2, 0.25) is 0 Å². The van der Waals surface area contributed by atoms with Crippen LogP contribution in [0.5, 0.6) is 5.75 Å². The minimum absolute atomic E-state index is 0.349. The standard InChI is InChI=1S/C11H15NO/c1-2-13-11-6-4-3-5-8(11)9-7-10(9)12/h3-6,9-10H,2,7,12H2,1H3/t9-,10-/m1/s1. The lowest BCUT2D eigenvalue weighted by Gasteiger charge is -2.08. The molecule has 1 aliphatic rings. The number of nitrogens with two attached hydrogens (primary N) is 1. The fraction of sp³-hybridized carbons (Fsp3) is 0.455. The summed E-state index contributed by atoms with van der Waals surface area (Å²) in [4.78, 5) is 0. The average Bonchev–Trinajstić information content (AvgIpc) is 2.84. The average molecular weight is 177 g/mol. The van der Waals surface area contributed by atoms with E-state index in [2.05, 4.69) is 6.07 Å². The molecule has 1 fully saturated rings. The van der Waals surface area contributed by atoms with Gasteiger partial charge in [-0.3, -0.25) is 0 Å². The van der Waals surface area contributed by atoms with E-state index < -0.39 is 0 Å². The molecule has 2 atom stereocenters. The second-order valence-electron chi connectivity index (χ2n) is 3.48. The molecule has 0 aromatic heterocycles. The molecule has 1 saturated carbocycles. The van der Waals surface area contributed by atoms with Crippen molar-refractivity contribution in [3.63, 3.8) is 0 Å². The summed E-state index contributed by atoms with van der Waals surface area (Å²) in [5.74, 6) is 1.53. The van der Waals surface area contributed by atoms with E-state index >= 15 is 0 Å². The summed E-state index contributed by atoms with van der Waals surface area (Å²) in [5.41, 5.74) is 7.08. The predicted molar refractivity (Wildman–Crippen MR) is 52.9 cm³/mol. The highest BCUT2D eigenvalue weighted by molar-refractivity contribution is 5.40. The first-order valence-corrected chi connectivity index (χ1v) is 4.80. The van der Waals surface area contributed by atoms with Crippen LogP contribution in [0.4, 0.5) is 0 Å². The molecule has 13 heavy (non-hydrogen) atoms. The number of hydrogen-bond donors (Lipinski definition) is 1. The van der Waals surface area contributed by atoms with Gasteiger partial charge in [0.25, 0.3) is 0 Å². The summed E-state index contributed by atoms with van der Waals surface area (Å²) < 4.78 is 5.53. The van der Waals surface area contributed by atoms with Crippen LogP contribution in [0.1, 0.15) is 24.8 Å². The van der Waals surface area contributed by atoms with Crippen LogP contribution >= 0.6 is 0 Å². The summed E-state index contributed by atoms with van der Waals surface area (Å²) in [6, 6.07) is 8.53. The quantitative estimate of drug-likeness (QED) is 0.765. The molecule has 0 radical (unpaired) electrons. The van der Waals surface area contributed by atoms with Gasteiger partial charge in [0.1, 0.15) is 5.75 Å². The van der Waals surface area contributed by atoms with Gasteiger partial charge in [0.05, 0.1) is 6.61 Å². The number of rotatable bonds is 3. The Morgan fingerprint density at radius 2 is 2.15 bits per heavy atom. The monoisotopic (exact) mass is 177 g/mol.